The summed E-state index contributed by atoms with van der Waals surface area (Å²) in [5, 5.41) is 2.98. The zero-order valence-electron chi connectivity index (χ0n) is 13.8. The maximum atomic E-state index is 12.6. The second kappa shape index (κ2) is 6.64. The third-order valence-corrected chi connectivity index (χ3v) is 3.92. The summed E-state index contributed by atoms with van der Waals surface area (Å²) in [6, 6.07) is 12.1. The lowest BCUT2D eigenvalue weighted by molar-refractivity contribution is -0.137. The monoisotopic (exact) mass is 367 g/mol. The number of alkyl halides is 3. The minimum atomic E-state index is -4.36. The second-order valence-electron chi connectivity index (χ2n) is 5.75. The van der Waals surface area contributed by atoms with E-state index in [0.29, 0.717) is 17.2 Å². The molecule has 4 aromatic rings. The van der Waals surface area contributed by atoms with Crippen molar-refractivity contribution in [3.05, 3.63) is 72.8 Å². The van der Waals surface area contributed by atoms with Crippen molar-refractivity contribution in [3.8, 4) is 11.3 Å². The molecule has 0 aliphatic carbocycles. The first-order valence-electron chi connectivity index (χ1n) is 7.96. The van der Waals surface area contributed by atoms with Crippen LogP contribution in [0.1, 0.15) is 5.56 Å². The van der Waals surface area contributed by atoms with E-state index in [1.54, 1.807) is 18.5 Å². The van der Waals surface area contributed by atoms with E-state index >= 15 is 0 Å². The average Bonchev–Trinajstić information content (AvgIpc) is 2.67. The van der Waals surface area contributed by atoms with Gasteiger partial charge in [0.15, 0.2) is 0 Å². The SMILES string of the molecule is FC(F)(F)c1ccc(Nc2cc(-c3ccc4nccnc4c3)ncn2)cc1. The predicted octanol–water partition coefficient (Wildman–Crippen LogP) is 4.85. The summed E-state index contributed by atoms with van der Waals surface area (Å²) in [4.78, 5) is 16.9. The molecule has 0 fully saturated rings. The van der Waals surface area contributed by atoms with Gasteiger partial charge in [-0.25, -0.2) is 9.97 Å². The molecule has 2 heterocycles. The summed E-state index contributed by atoms with van der Waals surface area (Å²) >= 11 is 0. The average molecular weight is 367 g/mol. The number of rotatable bonds is 3. The van der Waals surface area contributed by atoms with Crippen LogP contribution >= 0.6 is 0 Å². The molecular formula is C19H12F3N5. The van der Waals surface area contributed by atoms with Gasteiger partial charge in [-0.3, -0.25) is 9.97 Å². The molecule has 0 aliphatic rings. The highest BCUT2D eigenvalue weighted by molar-refractivity contribution is 5.80. The van der Waals surface area contributed by atoms with Crippen LogP contribution in [0.4, 0.5) is 24.7 Å². The maximum absolute atomic E-state index is 12.6. The largest absolute Gasteiger partial charge is 0.416 e. The third-order valence-electron chi connectivity index (χ3n) is 3.92. The smallest absolute Gasteiger partial charge is 0.340 e. The zero-order valence-corrected chi connectivity index (χ0v) is 13.8. The molecule has 0 aliphatic heterocycles. The standard InChI is InChI=1S/C19H12F3N5/c20-19(21,22)13-2-4-14(5-3-13)27-18-10-16(25-11-26-18)12-1-6-15-17(9-12)24-8-7-23-15/h1-11H,(H,25,26,27). The number of anilines is 2. The summed E-state index contributed by atoms with van der Waals surface area (Å²) in [6.45, 7) is 0. The highest BCUT2D eigenvalue weighted by Gasteiger charge is 2.29. The van der Waals surface area contributed by atoms with Crippen LogP contribution in [0.15, 0.2) is 67.3 Å². The number of fused-ring (bicyclic) bond motifs is 1. The third kappa shape index (κ3) is 3.69. The van der Waals surface area contributed by atoms with Gasteiger partial charge in [-0.15, -0.1) is 0 Å². The van der Waals surface area contributed by atoms with Crippen LogP contribution in [0, 0.1) is 0 Å². The molecule has 4 rings (SSSR count). The van der Waals surface area contributed by atoms with Crippen molar-refractivity contribution in [1.29, 1.82) is 0 Å². The second-order valence-corrected chi connectivity index (χ2v) is 5.75. The topological polar surface area (TPSA) is 63.6 Å². The van der Waals surface area contributed by atoms with Gasteiger partial charge >= 0.3 is 6.18 Å². The van der Waals surface area contributed by atoms with E-state index in [4.69, 9.17) is 0 Å². The summed E-state index contributed by atoms with van der Waals surface area (Å²) in [6.07, 6.45) is 0.269. The Morgan fingerprint density at radius 3 is 2.22 bits per heavy atom. The van der Waals surface area contributed by atoms with Gasteiger partial charge in [0, 0.05) is 29.7 Å². The van der Waals surface area contributed by atoms with Gasteiger partial charge in [0.05, 0.1) is 22.3 Å². The van der Waals surface area contributed by atoms with Crippen molar-refractivity contribution in [3.63, 3.8) is 0 Å². The van der Waals surface area contributed by atoms with Crippen molar-refractivity contribution in [2.75, 3.05) is 5.32 Å². The van der Waals surface area contributed by atoms with E-state index in [0.717, 1.165) is 28.7 Å². The minimum absolute atomic E-state index is 0.471. The normalized spacial score (nSPS) is 11.5. The molecule has 0 amide bonds. The minimum Gasteiger partial charge on any atom is -0.340 e. The molecule has 0 unspecified atom stereocenters. The first-order valence-corrected chi connectivity index (χ1v) is 7.96. The molecule has 0 bridgehead atoms. The van der Waals surface area contributed by atoms with Gasteiger partial charge in [0.2, 0.25) is 0 Å². The summed E-state index contributed by atoms with van der Waals surface area (Å²) in [5.41, 5.74) is 2.81. The maximum Gasteiger partial charge on any atom is 0.416 e. The van der Waals surface area contributed by atoms with E-state index < -0.39 is 11.7 Å². The molecule has 134 valence electrons. The van der Waals surface area contributed by atoms with Gasteiger partial charge in [-0.2, -0.15) is 13.2 Å². The first-order chi connectivity index (χ1) is 13.0. The van der Waals surface area contributed by atoms with Crippen LogP contribution < -0.4 is 5.32 Å². The molecule has 0 saturated carbocycles. The van der Waals surface area contributed by atoms with Gasteiger partial charge in [0.25, 0.3) is 0 Å². The summed E-state index contributed by atoms with van der Waals surface area (Å²) < 4.78 is 37.9. The van der Waals surface area contributed by atoms with Crippen LogP contribution in [-0.2, 0) is 6.18 Å². The molecule has 27 heavy (non-hydrogen) atoms. The van der Waals surface area contributed by atoms with Gasteiger partial charge in [-0.05, 0) is 36.4 Å². The fourth-order valence-corrected chi connectivity index (χ4v) is 2.60. The Bertz CT molecular complexity index is 1090. The molecule has 0 spiro atoms. The number of aromatic nitrogens is 4. The zero-order chi connectivity index (χ0) is 18.9. The van der Waals surface area contributed by atoms with Crippen molar-refractivity contribution in [1.82, 2.24) is 19.9 Å². The van der Waals surface area contributed by atoms with Crippen LogP contribution in [-0.4, -0.2) is 19.9 Å². The van der Waals surface area contributed by atoms with E-state index in [1.165, 1.54) is 18.5 Å². The summed E-state index contributed by atoms with van der Waals surface area (Å²) in [7, 11) is 0. The lowest BCUT2D eigenvalue weighted by Gasteiger charge is -2.10. The Balaban J connectivity index is 1.60. The highest BCUT2D eigenvalue weighted by atomic mass is 19.4. The van der Waals surface area contributed by atoms with E-state index in [-0.39, 0.29) is 0 Å². The molecule has 8 heteroatoms. The molecule has 0 saturated heterocycles. The Morgan fingerprint density at radius 1 is 0.741 bits per heavy atom. The molecule has 0 atom stereocenters. The Labute approximate surface area is 152 Å². The first kappa shape index (κ1) is 16.9. The van der Waals surface area contributed by atoms with Crippen LogP contribution in [0.25, 0.3) is 22.3 Å². The molecule has 1 N–H and O–H groups in total. The number of hydrogen-bond donors (Lipinski definition) is 1. The van der Waals surface area contributed by atoms with E-state index in [9.17, 15) is 13.2 Å². The summed E-state index contributed by atoms with van der Waals surface area (Å²) in [5.74, 6) is 0.471. The van der Waals surface area contributed by atoms with E-state index in [1.807, 2.05) is 18.2 Å². The van der Waals surface area contributed by atoms with Gasteiger partial charge in [0.1, 0.15) is 12.1 Å². The Hall–Kier alpha value is -3.55. The number of benzene rings is 2. The van der Waals surface area contributed by atoms with Crippen LogP contribution in [0.5, 0.6) is 0 Å². The van der Waals surface area contributed by atoms with Crippen LogP contribution in [0.2, 0.25) is 0 Å². The molecule has 2 aromatic heterocycles. The van der Waals surface area contributed by atoms with Gasteiger partial charge in [-0.1, -0.05) is 6.07 Å². The number of halogens is 3. The molecule has 0 radical (unpaired) electrons. The van der Waals surface area contributed by atoms with Crippen LogP contribution in [0.3, 0.4) is 0 Å². The lowest BCUT2D eigenvalue weighted by Crippen LogP contribution is -2.04. The number of nitrogens with zero attached hydrogens (tertiary/aromatic N) is 4. The van der Waals surface area contributed by atoms with Crippen molar-refractivity contribution in [2.24, 2.45) is 0 Å². The number of hydrogen-bond acceptors (Lipinski definition) is 5. The predicted molar refractivity (Wildman–Crippen MR) is 95.3 cm³/mol. The van der Waals surface area contributed by atoms with Crippen molar-refractivity contribution >= 4 is 22.5 Å². The molecule has 2 aromatic carbocycles. The highest BCUT2D eigenvalue weighted by Crippen LogP contribution is 2.30. The fraction of sp³-hybridized carbons (Fsp3) is 0.0526. The molecule has 5 nitrogen and oxygen atoms in total. The molecular weight excluding hydrogens is 355 g/mol. The van der Waals surface area contributed by atoms with Gasteiger partial charge < -0.3 is 5.32 Å². The lowest BCUT2D eigenvalue weighted by atomic mass is 10.1. The van der Waals surface area contributed by atoms with E-state index in [2.05, 4.69) is 25.3 Å². The number of nitrogens with one attached hydrogen (secondary N) is 1. The van der Waals surface area contributed by atoms with Crippen molar-refractivity contribution < 1.29 is 13.2 Å². The van der Waals surface area contributed by atoms with Crippen molar-refractivity contribution in [2.45, 2.75) is 6.18 Å². The quantitative estimate of drug-likeness (QED) is 0.561. The Kier molecular flexibility index (Phi) is 4.15. The Morgan fingerprint density at radius 2 is 1.48 bits per heavy atom. The fourth-order valence-electron chi connectivity index (χ4n) is 2.60.